The molecule has 2 aromatic rings. The number of hydrogen-bond acceptors (Lipinski definition) is 4. The summed E-state index contributed by atoms with van der Waals surface area (Å²) in [6.45, 7) is 10.5. The van der Waals surface area contributed by atoms with Gasteiger partial charge in [0.2, 0.25) is 11.8 Å². The molecule has 1 heterocycles. The highest BCUT2D eigenvalue weighted by molar-refractivity contribution is 5.92. The second-order valence-corrected chi connectivity index (χ2v) is 6.77. The van der Waals surface area contributed by atoms with Crippen LogP contribution in [0.1, 0.15) is 38.3 Å². The second kappa shape index (κ2) is 10.4. The third-order valence-electron chi connectivity index (χ3n) is 4.76. The standard InChI is InChI=1S/C22H30N4O2/c1-5-25(6-2)20-9-10-21(17(3)14-20)24-22(28)11-13-26(18(4)27)16-19-8-7-12-23-15-19/h7-10,12,14-15H,5-6,11,13,16H2,1-4H3,(H,24,28). The van der Waals surface area contributed by atoms with Crippen molar-refractivity contribution in [2.75, 3.05) is 29.9 Å². The fraction of sp³-hybridized carbons (Fsp3) is 0.409. The number of carbonyl (C=O) groups excluding carboxylic acids is 2. The maximum Gasteiger partial charge on any atom is 0.226 e. The fourth-order valence-electron chi connectivity index (χ4n) is 3.08. The summed E-state index contributed by atoms with van der Waals surface area (Å²) in [5.41, 5.74) is 3.93. The van der Waals surface area contributed by atoms with E-state index >= 15 is 0 Å². The molecule has 0 bridgehead atoms. The zero-order valence-corrected chi connectivity index (χ0v) is 17.2. The first-order chi connectivity index (χ1) is 13.4. The number of carbonyl (C=O) groups is 2. The van der Waals surface area contributed by atoms with Crippen LogP contribution in [0.3, 0.4) is 0 Å². The monoisotopic (exact) mass is 382 g/mol. The van der Waals surface area contributed by atoms with E-state index in [-0.39, 0.29) is 18.2 Å². The van der Waals surface area contributed by atoms with E-state index in [9.17, 15) is 9.59 Å². The zero-order valence-electron chi connectivity index (χ0n) is 17.2. The summed E-state index contributed by atoms with van der Waals surface area (Å²) >= 11 is 0. The van der Waals surface area contributed by atoms with Crippen molar-refractivity contribution in [1.29, 1.82) is 0 Å². The first-order valence-corrected chi connectivity index (χ1v) is 9.74. The summed E-state index contributed by atoms with van der Waals surface area (Å²) in [6, 6.07) is 9.82. The molecule has 2 amide bonds. The van der Waals surface area contributed by atoms with E-state index < -0.39 is 0 Å². The number of rotatable bonds is 9. The topological polar surface area (TPSA) is 65.5 Å². The van der Waals surface area contributed by atoms with Crippen LogP contribution in [-0.2, 0) is 16.1 Å². The summed E-state index contributed by atoms with van der Waals surface area (Å²) in [5.74, 6) is -0.160. The van der Waals surface area contributed by atoms with Crippen LogP contribution in [0, 0.1) is 6.92 Å². The smallest absolute Gasteiger partial charge is 0.226 e. The zero-order chi connectivity index (χ0) is 20.5. The van der Waals surface area contributed by atoms with Crippen molar-refractivity contribution < 1.29 is 9.59 Å². The van der Waals surface area contributed by atoms with Crippen molar-refractivity contribution >= 4 is 23.2 Å². The summed E-state index contributed by atoms with van der Waals surface area (Å²) in [5, 5.41) is 2.96. The van der Waals surface area contributed by atoms with Crippen LogP contribution in [-0.4, -0.2) is 41.3 Å². The highest BCUT2D eigenvalue weighted by atomic mass is 16.2. The lowest BCUT2D eigenvalue weighted by Crippen LogP contribution is -2.31. The minimum absolute atomic E-state index is 0.0589. The van der Waals surface area contributed by atoms with Crippen LogP contribution in [0.4, 0.5) is 11.4 Å². The average molecular weight is 383 g/mol. The molecule has 0 unspecified atom stereocenters. The number of nitrogens with one attached hydrogen (secondary N) is 1. The van der Waals surface area contributed by atoms with Gasteiger partial charge in [0.05, 0.1) is 0 Å². The van der Waals surface area contributed by atoms with Gasteiger partial charge in [0, 0.05) is 63.3 Å². The SMILES string of the molecule is CCN(CC)c1ccc(NC(=O)CCN(Cc2cccnc2)C(C)=O)c(C)c1. The van der Waals surface area contributed by atoms with E-state index in [4.69, 9.17) is 0 Å². The van der Waals surface area contributed by atoms with Gasteiger partial charge in [0.15, 0.2) is 0 Å². The quantitative estimate of drug-likeness (QED) is 0.719. The Morgan fingerprint density at radius 3 is 2.46 bits per heavy atom. The van der Waals surface area contributed by atoms with Crippen LogP contribution < -0.4 is 10.2 Å². The maximum atomic E-state index is 12.4. The predicted octanol–water partition coefficient (Wildman–Crippen LogP) is 3.61. The van der Waals surface area contributed by atoms with Gasteiger partial charge in [-0.25, -0.2) is 0 Å². The van der Waals surface area contributed by atoms with Gasteiger partial charge < -0.3 is 15.1 Å². The third-order valence-corrected chi connectivity index (χ3v) is 4.76. The summed E-state index contributed by atoms with van der Waals surface area (Å²) in [7, 11) is 0. The highest BCUT2D eigenvalue weighted by Gasteiger charge is 2.13. The van der Waals surface area contributed by atoms with Gasteiger partial charge in [-0.2, -0.15) is 0 Å². The predicted molar refractivity (Wildman–Crippen MR) is 113 cm³/mol. The van der Waals surface area contributed by atoms with E-state index in [0.29, 0.717) is 13.1 Å². The molecule has 0 aliphatic carbocycles. The summed E-state index contributed by atoms with van der Waals surface area (Å²) in [4.78, 5) is 32.3. The number of amides is 2. The van der Waals surface area contributed by atoms with Crippen molar-refractivity contribution in [3.8, 4) is 0 Å². The number of aromatic nitrogens is 1. The Bertz CT molecular complexity index is 788. The van der Waals surface area contributed by atoms with Crippen molar-refractivity contribution in [2.24, 2.45) is 0 Å². The molecule has 150 valence electrons. The Morgan fingerprint density at radius 2 is 1.89 bits per heavy atom. The number of pyridine rings is 1. The van der Waals surface area contributed by atoms with Gasteiger partial charge in [-0.05, 0) is 56.2 Å². The molecule has 2 rings (SSSR count). The molecule has 6 heteroatoms. The van der Waals surface area contributed by atoms with Gasteiger partial charge >= 0.3 is 0 Å². The van der Waals surface area contributed by atoms with E-state index in [1.54, 1.807) is 17.3 Å². The molecule has 1 aromatic carbocycles. The molecule has 0 atom stereocenters. The molecule has 0 fully saturated rings. The normalized spacial score (nSPS) is 10.4. The lowest BCUT2D eigenvalue weighted by atomic mass is 10.1. The molecule has 0 radical (unpaired) electrons. The molecule has 6 nitrogen and oxygen atoms in total. The molecule has 1 N–H and O–H groups in total. The minimum atomic E-state index is -0.101. The molecule has 28 heavy (non-hydrogen) atoms. The van der Waals surface area contributed by atoms with Crippen LogP contribution in [0.15, 0.2) is 42.7 Å². The molecule has 0 aliphatic rings. The van der Waals surface area contributed by atoms with Gasteiger partial charge in [0.1, 0.15) is 0 Å². The number of nitrogens with zero attached hydrogens (tertiary/aromatic N) is 3. The summed E-state index contributed by atoms with van der Waals surface area (Å²) in [6.07, 6.45) is 3.68. The van der Waals surface area contributed by atoms with Crippen molar-refractivity contribution in [3.05, 3.63) is 53.9 Å². The van der Waals surface area contributed by atoms with E-state index in [1.807, 2.05) is 31.2 Å². The van der Waals surface area contributed by atoms with E-state index in [2.05, 4.69) is 35.1 Å². The Hall–Kier alpha value is -2.89. The summed E-state index contributed by atoms with van der Waals surface area (Å²) < 4.78 is 0. The largest absolute Gasteiger partial charge is 0.372 e. The van der Waals surface area contributed by atoms with Gasteiger partial charge in [-0.3, -0.25) is 14.6 Å². The molecular formula is C22H30N4O2. The van der Waals surface area contributed by atoms with Crippen LogP contribution in [0.5, 0.6) is 0 Å². The van der Waals surface area contributed by atoms with Gasteiger partial charge in [-0.15, -0.1) is 0 Å². The maximum absolute atomic E-state index is 12.4. The number of anilines is 2. The van der Waals surface area contributed by atoms with Crippen molar-refractivity contribution in [3.63, 3.8) is 0 Å². The van der Waals surface area contributed by atoms with Crippen molar-refractivity contribution in [1.82, 2.24) is 9.88 Å². The lowest BCUT2D eigenvalue weighted by Gasteiger charge is -2.23. The number of benzene rings is 1. The molecule has 0 saturated heterocycles. The van der Waals surface area contributed by atoms with Gasteiger partial charge in [0.25, 0.3) is 0 Å². The Kier molecular flexibility index (Phi) is 7.99. The van der Waals surface area contributed by atoms with Gasteiger partial charge in [-0.1, -0.05) is 6.07 Å². The lowest BCUT2D eigenvalue weighted by molar-refractivity contribution is -0.129. The third kappa shape index (κ3) is 6.08. The van der Waals surface area contributed by atoms with Crippen molar-refractivity contribution in [2.45, 2.75) is 40.7 Å². The van der Waals surface area contributed by atoms with Crippen LogP contribution in [0.25, 0.3) is 0 Å². The first-order valence-electron chi connectivity index (χ1n) is 9.74. The van der Waals surface area contributed by atoms with Crippen LogP contribution in [0.2, 0.25) is 0 Å². The van der Waals surface area contributed by atoms with E-state index in [1.165, 1.54) is 6.92 Å². The minimum Gasteiger partial charge on any atom is -0.372 e. The highest BCUT2D eigenvalue weighted by Crippen LogP contribution is 2.22. The Labute approximate surface area is 167 Å². The molecule has 0 spiro atoms. The Morgan fingerprint density at radius 1 is 1.14 bits per heavy atom. The Balaban J connectivity index is 1.94. The first kappa shape index (κ1) is 21.4. The molecule has 0 saturated carbocycles. The number of hydrogen-bond donors (Lipinski definition) is 1. The van der Waals surface area contributed by atoms with Crippen LogP contribution >= 0.6 is 0 Å². The average Bonchev–Trinajstić information content (AvgIpc) is 2.68. The molecule has 0 aliphatic heterocycles. The van der Waals surface area contributed by atoms with E-state index in [0.717, 1.165) is 35.6 Å². The molecular weight excluding hydrogens is 352 g/mol. The second-order valence-electron chi connectivity index (χ2n) is 6.77. The fourth-order valence-corrected chi connectivity index (χ4v) is 3.08. The molecule has 1 aromatic heterocycles. The number of aryl methyl sites for hydroxylation is 1.